The van der Waals surface area contributed by atoms with E-state index in [9.17, 15) is 19.5 Å². The van der Waals surface area contributed by atoms with Crippen LogP contribution >= 0.6 is 11.6 Å². The second kappa shape index (κ2) is 11.1. The minimum atomic E-state index is -1.05. The van der Waals surface area contributed by atoms with Crippen LogP contribution in [0.15, 0.2) is 48.5 Å². The van der Waals surface area contributed by atoms with Gasteiger partial charge >= 0.3 is 18.2 Å². The lowest BCUT2D eigenvalue weighted by Gasteiger charge is -2.23. The van der Waals surface area contributed by atoms with E-state index in [4.69, 9.17) is 16.3 Å². The van der Waals surface area contributed by atoms with Crippen LogP contribution in [0.5, 0.6) is 0 Å². The fourth-order valence-electron chi connectivity index (χ4n) is 3.34. The van der Waals surface area contributed by atoms with E-state index in [1.807, 2.05) is 0 Å². The molecule has 0 saturated heterocycles. The van der Waals surface area contributed by atoms with Crippen LogP contribution in [0.2, 0.25) is 5.15 Å². The van der Waals surface area contributed by atoms with Crippen LogP contribution in [0.4, 0.5) is 15.3 Å². The first-order chi connectivity index (χ1) is 16.9. The maximum atomic E-state index is 12.6. The van der Waals surface area contributed by atoms with Gasteiger partial charge in [-0.15, -0.1) is 0 Å². The minimum Gasteiger partial charge on any atom is -0.478 e. The van der Waals surface area contributed by atoms with Crippen molar-refractivity contribution in [3.63, 3.8) is 0 Å². The van der Waals surface area contributed by atoms with Crippen LogP contribution in [0.3, 0.4) is 0 Å². The predicted octanol–water partition coefficient (Wildman–Crippen LogP) is 5.42. The molecule has 36 heavy (non-hydrogen) atoms. The predicted molar refractivity (Wildman–Crippen MR) is 134 cm³/mol. The number of hydrogen-bond acceptors (Lipinski definition) is 6. The average Bonchev–Trinajstić information content (AvgIpc) is 3.19. The molecule has 0 unspecified atom stereocenters. The lowest BCUT2D eigenvalue weighted by atomic mass is 10.0. The van der Waals surface area contributed by atoms with Crippen molar-refractivity contribution >= 4 is 35.4 Å². The molecule has 2 amide bonds. The number of aromatic carboxylic acids is 1. The van der Waals surface area contributed by atoms with Gasteiger partial charge in [-0.2, -0.15) is 0 Å². The minimum absolute atomic E-state index is 0.127. The van der Waals surface area contributed by atoms with Gasteiger partial charge in [-0.3, -0.25) is 5.32 Å². The zero-order valence-electron chi connectivity index (χ0n) is 20.2. The Labute approximate surface area is 213 Å². The highest BCUT2D eigenvalue weighted by molar-refractivity contribution is 6.31. The molecule has 0 aliphatic rings. The number of hydrogen-bond donors (Lipinski definition) is 4. The Balaban J connectivity index is 1.90. The standard InChI is InChI=1S/C25H27ClN4O6/c1-25(2,3)36-24(34)28-18(13-14-6-5-7-16(12-14)22(31)32)21-29-19(20(26)30-21)15-8-10-17(11-9-15)27-23(33)35-4/h5-12,18H,13H2,1-4H3,(H,27,33)(H,28,34)(H,29,30)(H,31,32)/t18-/m0/s1. The van der Waals surface area contributed by atoms with Crippen molar-refractivity contribution in [3.05, 3.63) is 70.6 Å². The lowest BCUT2D eigenvalue weighted by molar-refractivity contribution is 0.0500. The number of amides is 2. The number of carboxylic acids is 1. The number of anilines is 1. The molecule has 4 N–H and O–H groups in total. The van der Waals surface area contributed by atoms with Gasteiger partial charge in [0.1, 0.15) is 22.3 Å². The van der Waals surface area contributed by atoms with Gasteiger partial charge in [0.25, 0.3) is 0 Å². The highest BCUT2D eigenvalue weighted by Gasteiger charge is 2.25. The number of halogens is 1. The van der Waals surface area contributed by atoms with Crippen molar-refractivity contribution in [1.29, 1.82) is 0 Å². The maximum Gasteiger partial charge on any atom is 0.411 e. The number of nitrogens with zero attached hydrogens (tertiary/aromatic N) is 1. The Hall–Kier alpha value is -4.05. The number of aromatic amines is 1. The second-order valence-corrected chi connectivity index (χ2v) is 9.26. The van der Waals surface area contributed by atoms with Crippen molar-refractivity contribution in [3.8, 4) is 11.3 Å². The molecular weight excluding hydrogens is 488 g/mol. The van der Waals surface area contributed by atoms with Gasteiger partial charge in [0.2, 0.25) is 0 Å². The quantitative estimate of drug-likeness (QED) is 0.330. The van der Waals surface area contributed by atoms with E-state index in [0.717, 1.165) is 0 Å². The summed E-state index contributed by atoms with van der Waals surface area (Å²) in [5, 5.41) is 14.9. The molecular formula is C25H27ClN4O6. The summed E-state index contributed by atoms with van der Waals surface area (Å²) in [6, 6.07) is 12.5. The van der Waals surface area contributed by atoms with Crippen molar-refractivity contribution in [2.45, 2.75) is 38.8 Å². The van der Waals surface area contributed by atoms with Gasteiger partial charge in [0, 0.05) is 17.7 Å². The van der Waals surface area contributed by atoms with Gasteiger partial charge in [-0.1, -0.05) is 35.9 Å². The third-order valence-electron chi connectivity index (χ3n) is 4.90. The molecule has 0 radical (unpaired) electrons. The van der Waals surface area contributed by atoms with Gasteiger partial charge in [-0.25, -0.2) is 19.4 Å². The zero-order chi connectivity index (χ0) is 26.5. The number of carbonyl (C=O) groups is 3. The van der Waals surface area contributed by atoms with E-state index in [1.165, 1.54) is 19.2 Å². The third kappa shape index (κ3) is 7.22. The number of imidazole rings is 1. The molecule has 3 rings (SSSR count). The number of nitrogens with one attached hydrogen (secondary N) is 3. The van der Waals surface area contributed by atoms with Crippen molar-refractivity contribution < 1.29 is 29.0 Å². The van der Waals surface area contributed by atoms with Crippen LogP contribution in [-0.4, -0.2) is 45.9 Å². The van der Waals surface area contributed by atoms with Gasteiger partial charge in [0.15, 0.2) is 0 Å². The van der Waals surface area contributed by atoms with Crippen LogP contribution in [0, 0.1) is 0 Å². The van der Waals surface area contributed by atoms with Gasteiger partial charge in [0.05, 0.1) is 18.7 Å². The Morgan fingerprint density at radius 3 is 2.42 bits per heavy atom. The maximum absolute atomic E-state index is 12.6. The summed E-state index contributed by atoms with van der Waals surface area (Å²) in [6.45, 7) is 5.25. The summed E-state index contributed by atoms with van der Waals surface area (Å²) in [5.74, 6) is -0.694. The summed E-state index contributed by atoms with van der Waals surface area (Å²) < 4.78 is 9.98. The molecule has 0 aliphatic heterocycles. The largest absolute Gasteiger partial charge is 0.478 e. The molecule has 0 bridgehead atoms. The number of aromatic nitrogens is 2. The Kier molecular flexibility index (Phi) is 8.21. The fourth-order valence-corrected chi connectivity index (χ4v) is 3.59. The second-order valence-electron chi connectivity index (χ2n) is 8.89. The van der Waals surface area contributed by atoms with Crippen molar-refractivity contribution in [1.82, 2.24) is 15.3 Å². The van der Waals surface area contributed by atoms with Crippen molar-refractivity contribution in [2.24, 2.45) is 0 Å². The molecule has 0 saturated carbocycles. The first-order valence-electron chi connectivity index (χ1n) is 11.0. The van der Waals surface area contributed by atoms with Crippen LogP contribution < -0.4 is 10.6 Å². The zero-order valence-corrected chi connectivity index (χ0v) is 21.0. The number of rotatable bonds is 7. The van der Waals surface area contributed by atoms with E-state index in [1.54, 1.807) is 57.2 Å². The number of benzene rings is 2. The molecule has 0 spiro atoms. The van der Waals surface area contributed by atoms with Gasteiger partial charge in [-0.05, 0) is 50.6 Å². The molecule has 190 valence electrons. The highest BCUT2D eigenvalue weighted by Crippen LogP contribution is 2.30. The number of H-pyrrole nitrogens is 1. The van der Waals surface area contributed by atoms with E-state index >= 15 is 0 Å². The number of carbonyl (C=O) groups excluding carboxylic acids is 2. The lowest BCUT2D eigenvalue weighted by Crippen LogP contribution is -2.36. The number of methoxy groups -OCH3 is 1. The first kappa shape index (κ1) is 26.6. The van der Waals surface area contributed by atoms with Crippen LogP contribution in [-0.2, 0) is 15.9 Å². The molecule has 1 aromatic heterocycles. The smallest absolute Gasteiger partial charge is 0.411 e. The van der Waals surface area contributed by atoms with E-state index < -0.39 is 29.8 Å². The first-order valence-corrected chi connectivity index (χ1v) is 11.4. The summed E-state index contributed by atoms with van der Waals surface area (Å²) in [5.41, 5.74) is 1.71. The molecule has 3 aromatic rings. The molecule has 11 heteroatoms. The number of alkyl carbamates (subject to hydrolysis) is 1. The highest BCUT2D eigenvalue weighted by atomic mass is 35.5. The molecule has 10 nitrogen and oxygen atoms in total. The summed E-state index contributed by atoms with van der Waals surface area (Å²) in [7, 11) is 1.27. The van der Waals surface area contributed by atoms with Gasteiger partial charge < -0.3 is 24.9 Å². The molecule has 1 atom stereocenters. The van der Waals surface area contributed by atoms with E-state index in [2.05, 4.69) is 25.3 Å². The third-order valence-corrected chi connectivity index (χ3v) is 5.18. The molecule has 0 fully saturated rings. The van der Waals surface area contributed by atoms with Crippen LogP contribution in [0.1, 0.15) is 48.6 Å². The Bertz CT molecular complexity index is 1250. The summed E-state index contributed by atoms with van der Waals surface area (Å²) >= 11 is 6.45. The summed E-state index contributed by atoms with van der Waals surface area (Å²) in [4.78, 5) is 43.0. The summed E-state index contributed by atoms with van der Waals surface area (Å²) in [6.07, 6.45) is -1.02. The topological polar surface area (TPSA) is 143 Å². The van der Waals surface area contributed by atoms with E-state index in [0.29, 0.717) is 28.3 Å². The molecule has 0 aliphatic carbocycles. The molecule has 1 heterocycles. The normalized spacial score (nSPS) is 11.9. The molecule has 2 aromatic carbocycles. The van der Waals surface area contributed by atoms with Crippen molar-refractivity contribution in [2.75, 3.05) is 12.4 Å². The Morgan fingerprint density at radius 2 is 1.81 bits per heavy atom. The number of ether oxygens (including phenoxy) is 2. The SMILES string of the molecule is COC(=O)Nc1ccc(-c2nc([C@H](Cc3cccc(C(=O)O)c3)NC(=O)OC(C)(C)C)[nH]c2Cl)cc1. The van der Waals surface area contributed by atoms with Crippen LogP contribution in [0.25, 0.3) is 11.3 Å². The average molecular weight is 515 g/mol. The fraction of sp³-hybridized carbons (Fsp3) is 0.280. The monoisotopic (exact) mass is 514 g/mol. The number of carboxylic acid groups (broad SMARTS) is 1. The Morgan fingerprint density at radius 1 is 1.11 bits per heavy atom. The van der Waals surface area contributed by atoms with E-state index in [-0.39, 0.29) is 17.1 Å².